The molecular formula is C2H4F2N4O4. The van der Waals surface area contributed by atoms with Crippen LogP contribution in [0.3, 0.4) is 0 Å². The lowest BCUT2D eigenvalue weighted by Crippen LogP contribution is -2.32. The lowest BCUT2D eigenvalue weighted by molar-refractivity contribution is -0.725. The maximum absolute atomic E-state index is 11.9. The molecule has 0 aliphatic heterocycles. The molecule has 0 amide bonds. The number of rotatable bonds is 5. The predicted octanol–water partition coefficient (Wildman–Crippen LogP) is -0.257. The monoisotopic (exact) mass is 186 g/mol. The van der Waals surface area contributed by atoms with E-state index in [2.05, 4.69) is 0 Å². The molecule has 0 aromatic heterocycles. The van der Waals surface area contributed by atoms with E-state index in [-0.39, 0.29) is 0 Å². The zero-order valence-electron chi connectivity index (χ0n) is 5.59. The second kappa shape index (κ2) is 4.20. The molecule has 10 heteroatoms. The van der Waals surface area contributed by atoms with Crippen molar-refractivity contribution >= 4 is 0 Å². The molecule has 0 radical (unpaired) electrons. The first-order valence-electron chi connectivity index (χ1n) is 2.60. The van der Waals surface area contributed by atoms with Gasteiger partial charge in [0.1, 0.15) is 13.1 Å². The molecule has 70 valence electrons. The Morgan fingerprint density at radius 3 is 1.42 bits per heavy atom. The minimum atomic E-state index is -1.45. The van der Waals surface area contributed by atoms with Crippen LogP contribution in [0.25, 0.3) is 0 Å². The average Bonchev–Trinajstić information content (AvgIpc) is 1.98. The SMILES string of the molecule is O=[N+]([O-])N(F)CCN(F)[N+](=O)[O-]. The summed E-state index contributed by atoms with van der Waals surface area (Å²) in [6.07, 6.45) is 0. The van der Waals surface area contributed by atoms with Crippen LogP contribution >= 0.6 is 0 Å². The first-order chi connectivity index (χ1) is 5.45. The van der Waals surface area contributed by atoms with Crippen LogP contribution in [-0.2, 0) is 0 Å². The molecule has 0 rings (SSSR count). The molecule has 0 heterocycles. The first kappa shape index (κ1) is 10.3. The van der Waals surface area contributed by atoms with Gasteiger partial charge in [-0.2, -0.15) is 0 Å². The van der Waals surface area contributed by atoms with Gasteiger partial charge in [0, 0.05) is 10.5 Å². The molecule has 0 N–H and O–H groups in total. The van der Waals surface area contributed by atoms with Gasteiger partial charge in [-0.05, 0) is 8.96 Å². The Balaban J connectivity index is 3.68. The summed E-state index contributed by atoms with van der Waals surface area (Å²) < 4.78 is 23.7. The molecule has 0 aliphatic carbocycles. The van der Waals surface area contributed by atoms with E-state index in [9.17, 15) is 29.2 Å². The number of nitro groups is 2. The Bertz CT molecular complexity index is 168. The Labute approximate surface area is 64.1 Å². The van der Waals surface area contributed by atoms with Gasteiger partial charge in [-0.25, -0.2) is 20.2 Å². The van der Waals surface area contributed by atoms with Crippen molar-refractivity contribution in [1.29, 1.82) is 0 Å². The van der Waals surface area contributed by atoms with Crippen LogP contribution in [-0.4, -0.2) is 33.6 Å². The molecule has 0 aliphatic rings. The van der Waals surface area contributed by atoms with Gasteiger partial charge in [-0.15, -0.1) is 0 Å². The van der Waals surface area contributed by atoms with Gasteiger partial charge in [0.15, 0.2) is 10.1 Å². The summed E-state index contributed by atoms with van der Waals surface area (Å²) in [4.78, 5) is 19.1. The van der Waals surface area contributed by atoms with Crippen LogP contribution in [0.1, 0.15) is 0 Å². The zero-order valence-corrected chi connectivity index (χ0v) is 5.59. The van der Waals surface area contributed by atoms with Crippen molar-refractivity contribution in [3.8, 4) is 0 Å². The summed E-state index contributed by atoms with van der Waals surface area (Å²) in [7, 11) is 0. The van der Waals surface area contributed by atoms with Crippen molar-refractivity contribution in [2.24, 2.45) is 0 Å². The quantitative estimate of drug-likeness (QED) is 0.333. The normalized spacial score (nSPS) is 9.17. The number of hydrazine groups is 2. The molecule has 0 aromatic carbocycles. The lowest BCUT2D eigenvalue weighted by atomic mass is 10.7. The largest absolute Gasteiger partial charge is 0.233 e. The number of hydrogen-bond donors (Lipinski definition) is 0. The lowest BCUT2D eigenvalue weighted by Gasteiger charge is -2.03. The van der Waals surface area contributed by atoms with E-state index in [4.69, 9.17) is 0 Å². The Morgan fingerprint density at radius 1 is 1.00 bits per heavy atom. The van der Waals surface area contributed by atoms with Crippen molar-refractivity contribution in [1.82, 2.24) is 10.5 Å². The van der Waals surface area contributed by atoms with E-state index in [1.165, 1.54) is 0 Å². The standard InChI is InChI=1S/C2H4F2N4O4/c3-5(7(9)10)1-2-6(4)8(11)12/h1-2H2. The van der Waals surface area contributed by atoms with E-state index in [1.54, 1.807) is 0 Å². The van der Waals surface area contributed by atoms with Gasteiger partial charge in [0.05, 0.1) is 0 Å². The minimum absolute atomic E-state index is 0.948. The van der Waals surface area contributed by atoms with E-state index < -0.39 is 33.6 Å². The molecule has 0 unspecified atom stereocenters. The molecule has 12 heavy (non-hydrogen) atoms. The topological polar surface area (TPSA) is 92.8 Å². The fraction of sp³-hybridized carbons (Fsp3) is 1.00. The minimum Gasteiger partial charge on any atom is -0.233 e. The van der Waals surface area contributed by atoms with Gasteiger partial charge >= 0.3 is 0 Å². The smallest absolute Gasteiger partial charge is 0.191 e. The van der Waals surface area contributed by atoms with Gasteiger partial charge in [0.2, 0.25) is 0 Å². The highest BCUT2D eigenvalue weighted by Gasteiger charge is 2.19. The third-order valence-corrected chi connectivity index (χ3v) is 0.823. The molecule has 0 fully saturated rings. The summed E-state index contributed by atoms with van der Waals surface area (Å²) in [6.45, 7) is -2.05. The van der Waals surface area contributed by atoms with E-state index in [0.29, 0.717) is 0 Å². The van der Waals surface area contributed by atoms with Crippen molar-refractivity contribution in [3.63, 3.8) is 0 Å². The van der Waals surface area contributed by atoms with Gasteiger partial charge in [-0.1, -0.05) is 0 Å². The van der Waals surface area contributed by atoms with E-state index in [1.807, 2.05) is 0 Å². The number of hydrogen-bond acceptors (Lipinski definition) is 4. The maximum Gasteiger partial charge on any atom is 0.191 e. The molecule has 0 saturated heterocycles. The van der Waals surface area contributed by atoms with Crippen LogP contribution in [0.4, 0.5) is 8.96 Å². The molecule has 0 bridgehead atoms. The van der Waals surface area contributed by atoms with Crippen LogP contribution in [0, 0.1) is 20.2 Å². The van der Waals surface area contributed by atoms with Crippen molar-refractivity contribution in [2.45, 2.75) is 0 Å². The maximum atomic E-state index is 11.9. The fourth-order valence-electron chi connectivity index (χ4n) is 0.328. The van der Waals surface area contributed by atoms with Crippen LogP contribution in [0.15, 0.2) is 0 Å². The predicted molar refractivity (Wildman–Crippen MR) is 29.6 cm³/mol. The van der Waals surface area contributed by atoms with Gasteiger partial charge in [0.25, 0.3) is 0 Å². The van der Waals surface area contributed by atoms with Crippen LogP contribution < -0.4 is 0 Å². The highest BCUT2D eigenvalue weighted by molar-refractivity contribution is 4.32. The molecule has 8 nitrogen and oxygen atoms in total. The summed E-state index contributed by atoms with van der Waals surface area (Å²) >= 11 is 0. The number of halogens is 2. The van der Waals surface area contributed by atoms with E-state index >= 15 is 0 Å². The summed E-state index contributed by atoms with van der Waals surface area (Å²) in [5, 5.41) is 14.3. The highest BCUT2D eigenvalue weighted by Crippen LogP contribution is 1.93. The Kier molecular flexibility index (Phi) is 3.59. The Morgan fingerprint density at radius 2 is 1.25 bits per heavy atom. The second-order valence-corrected chi connectivity index (χ2v) is 1.60. The highest BCUT2D eigenvalue weighted by atomic mass is 19.2. The average molecular weight is 186 g/mol. The Hall–Kier alpha value is -1.74. The molecule has 0 aromatic rings. The molecule has 0 spiro atoms. The van der Waals surface area contributed by atoms with Gasteiger partial charge in [-0.3, -0.25) is 0 Å². The first-order valence-corrected chi connectivity index (χ1v) is 2.60. The van der Waals surface area contributed by atoms with Gasteiger partial charge < -0.3 is 0 Å². The van der Waals surface area contributed by atoms with Crippen LogP contribution in [0.2, 0.25) is 0 Å². The number of nitrogens with zero attached hydrogens (tertiary/aromatic N) is 4. The fourth-order valence-corrected chi connectivity index (χ4v) is 0.328. The molecule has 0 saturated carbocycles. The zero-order chi connectivity index (χ0) is 9.72. The van der Waals surface area contributed by atoms with E-state index in [0.717, 1.165) is 0 Å². The van der Waals surface area contributed by atoms with Crippen molar-refractivity contribution < 1.29 is 19.0 Å². The summed E-state index contributed by atoms with van der Waals surface area (Å²) in [5.41, 5.74) is 0. The van der Waals surface area contributed by atoms with Crippen molar-refractivity contribution in [2.75, 3.05) is 13.1 Å². The summed E-state index contributed by atoms with van der Waals surface area (Å²) in [6, 6.07) is 0. The third kappa shape index (κ3) is 3.43. The summed E-state index contributed by atoms with van der Waals surface area (Å²) in [5.74, 6) is 0. The second-order valence-electron chi connectivity index (χ2n) is 1.60. The third-order valence-electron chi connectivity index (χ3n) is 0.823. The van der Waals surface area contributed by atoms with Crippen molar-refractivity contribution in [3.05, 3.63) is 20.2 Å². The molecule has 0 atom stereocenters. The van der Waals surface area contributed by atoms with Crippen LogP contribution in [0.5, 0.6) is 0 Å². The molecular weight excluding hydrogens is 182 g/mol.